The lowest BCUT2D eigenvalue weighted by molar-refractivity contribution is -0.118. The maximum atomic E-state index is 11.5. The van der Waals surface area contributed by atoms with Crippen molar-refractivity contribution < 1.29 is 4.79 Å². The lowest BCUT2D eigenvalue weighted by Gasteiger charge is -1.98. The van der Waals surface area contributed by atoms with Gasteiger partial charge in [0.15, 0.2) is 5.03 Å². The van der Waals surface area contributed by atoms with Crippen LogP contribution in [0.3, 0.4) is 0 Å². The number of amides is 1. The average Bonchev–Trinajstić information content (AvgIpc) is 2.54. The number of thioether (sulfide) groups is 1. The SMILES string of the molecule is O=C(CSc1n[nH]c(=O)[nH]c1=O)N/N=C/C=C\c1ccccc1. The molecule has 1 amide bonds. The second kappa shape index (κ2) is 8.49. The minimum atomic E-state index is -0.696. The van der Waals surface area contributed by atoms with Crippen LogP contribution in [-0.4, -0.2) is 33.1 Å². The second-order valence-corrected chi connectivity index (χ2v) is 5.15. The third-order valence-corrected chi connectivity index (χ3v) is 3.42. The molecule has 0 aliphatic carbocycles. The largest absolute Gasteiger partial charge is 0.342 e. The quantitative estimate of drug-likeness (QED) is 0.401. The van der Waals surface area contributed by atoms with Crippen molar-refractivity contribution in [1.29, 1.82) is 0 Å². The van der Waals surface area contributed by atoms with Gasteiger partial charge < -0.3 is 0 Å². The maximum Gasteiger partial charge on any atom is 0.342 e. The Morgan fingerprint density at radius 3 is 2.83 bits per heavy atom. The van der Waals surface area contributed by atoms with Gasteiger partial charge >= 0.3 is 5.69 Å². The summed E-state index contributed by atoms with van der Waals surface area (Å²) in [5.74, 6) is -0.450. The van der Waals surface area contributed by atoms with Gasteiger partial charge in [-0.05, 0) is 11.6 Å². The standard InChI is InChI=1S/C14H13N5O3S/c20-11(9-23-13-12(21)16-14(22)19-18-13)17-15-8-4-7-10-5-2-1-3-6-10/h1-8H,9H2,(H,17,20)(H2,16,19,21,22)/b7-4-,15-8+. The topological polar surface area (TPSA) is 120 Å². The van der Waals surface area contributed by atoms with E-state index in [1.807, 2.05) is 41.4 Å². The number of aromatic nitrogens is 3. The van der Waals surface area contributed by atoms with Gasteiger partial charge in [-0.3, -0.25) is 14.6 Å². The molecule has 2 rings (SSSR count). The number of aromatic amines is 2. The molecule has 0 atom stereocenters. The highest BCUT2D eigenvalue weighted by atomic mass is 32.2. The van der Waals surface area contributed by atoms with Crippen LogP contribution in [0.1, 0.15) is 5.56 Å². The number of hydrogen-bond donors (Lipinski definition) is 3. The Balaban J connectivity index is 1.77. The van der Waals surface area contributed by atoms with Crippen LogP contribution in [0.15, 0.2) is 56.1 Å². The predicted octanol–water partition coefficient (Wildman–Crippen LogP) is 0.366. The van der Waals surface area contributed by atoms with Crippen molar-refractivity contribution in [1.82, 2.24) is 20.6 Å². The van der Waals surface area contributed by atoms with Gasteiger partial charge in [0.2, 0.25) is 5.91 Å². The lowest BCUT2D eigenvalue weighted by Crippen LogP contribution is -2.26. The number of carbonyl (C=O) groups is 1. The van der Waals surface area contributed by atoms with E-state index < -0.39 is 17.2 Å². The van der Waals surface area contributed by atoms with Gasteiger partial charge in [0.1, 0.15) is 0 Å². The molecule has 0 saturated heterocycles. The molecule has 8 nitrogen and oxygen atoms in total. The molecule has 1 heterocycles. The van der Waals surface area contributed by atoms with Crippen molar-refractivity contribution in [2.24, 2.45) is 5.10 Å². The lowest BCUT2D eigenvalue weighted by atomic mass is 10.2. The van der Waals surface area contributed by atoms with Crippen LogP contribution in [0.25, 0.3) is 6.08 Å². The summed E-state index contributed by atoms with van der Waals surface area (Å²) < 4.78 is 0. The van der Waals surface area contributed by atoms with Crippen molar-refractivity contribution in [3.05, 3.63) is 62.8 Å². The van der Waals surface area contributed by atoms with E-state index in [0.29, 0.717) is 0 Å². The number of carbonyl (C=O) groups excluding carboxylic acids is 1. The summed E-state index contributed by atoms with van der Waals surface area (Å²) >= 11 is 0.896. The molecule has 0 bridgehead atoms. The summed E-state index contributed by atoms with van der Waals surface area (Å²) in [6.45, 7) is 0. The van der Waals surface area contributed by atoms with Gasteiger partial charge in [-0.15, -0.1) is 0 Å². The number of hydrogen-bond acceptors (Lipinski definition) is 6. The van der Waals surface area contributed by atoms with Crippen LogP contribution in [-0.2, 0) is 4.79 Å². The fourth-order valence-corrected chi connectivity index (χ4v) is 2.10. The molecule has 0 aliphatic rings. The van der Waals surface area contributed by atoms with E-state index >= 15 is 0 Å². The van der Waals surface area contributed by atoms with Gasteiger partial charge in [-0.1, -0.05) is 48.2 Å². The molecule has 9 heteroatoms. The molecule has 0 fully saturated rings. The van der Waals surface area contributed by atoms with E-state index in [1.54, 1.807) is 6.08 Å². The van der Waals surface area contributed by atoms with E-state index in [9.17, 15) is 14.4 Å². The minimum Gasteiger partial charge on any atom is -0.272 e. The molecule has 2 aromatic rings. The first-order valence-electron chi connectivity index (χ1n) is 6.50. The number of nitrogens with one attached hydrogen (secondary N) is 3. The third-order valence-electron chi connectivity index (χ3n) is 2.46. The van der Waals surface area contributed by atoms with Crippen molar-refractivity contribution in [3.63, 3.8) is 0 Å². The molecule has 0 spiro atoms. The number of rotatable bonds is 6. The normalized spacial score (nSPS) is 11.1. The molecular formula is C14H13N5O3S. The highest BCUT2D eigenvalue weighted by Crippen LogP contribution is 2.06. The maximum absolute atomic E-state index is 11.5. The van der Waals surface area contributed by atoms with Crippen LogP contribution in [0.4, 0.5) is 0 Å². The number of nitrogens with zero attached hydrogens (tertiary/aromatic N) is 2. The molecule has 1 aromatic heterocycles. The summed E-state index contributed by atoms with van der Waals surface area (Å²) in [7, 11) is 0. The zero-order chi connectivity index (χ0) is 16.5. The van der Waals surface area contributed by atoms with Crippen LogP contribution < -0.4 is 16.7 Å². The first kappa shape index (κ1) is 16.4. The summed E-state index contributed by atoms with van der Waals surface area (Å²) in [5, 5.41) is 9.39. The van der Waals surface area contributed by atoms with Crippen LogP contribution in [0, 0.1) is 0 Å². The van der Waals surface area contributed by atoms with Gasteiger partial charge in [0.05, 0.1) is 5.75 Å². The smallest absolute Gasteiger partial charge is 0.272 e. The summed E-state index contributed by atoms with van der Waals surface area (Å²) in [4.78, 5) is 35.7. The summed E-state index contributed by atoms with van der Waals surface area (Å²) in [6.07, 6.45) is 4.98. The molecule has 0 aliphatic heterocycles. The van der Waals surface area contributed by atoms with E-state index in [-0.39, 0.29) is 10.8 Å². The Hall–Kier alpha value is -2.94. The van der Waals surface area contributed by atoms with Gasteiger partial charge in [0, 0.05) is 6.21 Å². The molecule has 0 saturated carbocycles. The minimum absolute atomic E-state index is 0.00713. The van der Waals surface area contributed by atoms with E-state index in [4.69, 9.17) is 0 Å². The highest BCUT2D eigenvalue weighted by Gasteiger charge is 2.06. The van der Waals surface area contributed by atoms with Crippen molar-refractivity contribution in [3.8, 4) is 0 Å². The molecule has 23 heavy (non-hydrogen) atoms. The Kier molecular flexibility index (Phi) is 6.07. The number of benzene rings is 1. The Labute approximate surface area is 134 Å². The third kappa shape index (κ3) is 5.75. The first-order chi connectivity index (χ1) is 11.1. The molecule has 3 N–H and O–H groups in total. The summed E-state index contributed by atoms with van der Waals surface area (Å²) in [6, 6.07) is 9.64. The molecular weight excluding hydrogens is 318 g/mol. The first-order valence-corrected chi connectivity index (χ1v) is 7.49. The fraction of sp³-hybridized carbons (Fsp3) is 0.0714. The Bertz CT molecular complexity index is 826. The highest BCUT2D eigenvalue weighted by molar-refractivity contribution is 7.99. The van der Waals surface area contributed by atoms with Crippen LogP contribution in [0.5, 0.6) is 0 Å². The number of allylic oxidation sites excluding steroid dienone is 1. The molecule has 118 valence electrons. The number of H-pyrrole nitrogens is 2. The second-order valence-electron chi connectivity index (χ2n) is 4.18. The van der Waals surface area contributed by atoms with E-state index in [2.05, 4.69) is 20.7 Å². The summed E-state index contributed by atoms with van der Waals surface area (Å²) in [5.41, 5.74) is 2.00. The van der Waals surface area contributed by atoms with Gasteiger partial charge in [-0.25, -0.2) is 15.3 Å². The number of hydrazone groups is 1. The van der Waals surface area contributed by atoms with Gasteiger partial charge in [-0.2, -0.15) is 10.2 Å². The average molecular weight is 331 g/mol. The Morgan fingerprint density at radius 1 is 1.30 bits per heavy atom. The monoisotopic (exact) mass is 331 g/mol. The van der Waals surface area contributed by atoms with Crippen LogP contribution >= 0.6 is 11.8 Å². The zero-order valence-corrected chi connectivity index (χ0v) is 12.7. The predicted molar refractivity (Wildman–Crippen MR) is 88.3 cm³/mol. The fourth-order valence-electron chi connectivity index (χ4n) is 1.47. The molecule has 0 unspecified atom stereocenters. The molecule has 1 aromatic carbocycles. The van der Waals surface area contributed by atoms with Crippen molar-refractivity contribution in [2.75, 3.05) is 5.75 Å². The Morgan fingerprint density at radius 2 is 2.09 bits per heavy atom. The van der Waals surface area contributed by atoms with Gasteiger partial charge in [0.25, 0.3) is 5.56 Å². The van der Waals surface area contributed by atoms with Crippen LogP contribution in [0.2, 0.25) is 0 Å². The van der Waals surface area contributed by atoms with E-state index in [0.717, 1.165) is 17.3 Å². The van der Waals surface area contributed by atoms with Crippen molar-refractivity contribution in [2.45, 2.75) is 5.03 Å². The zero-order valence-electron chi connectivity index (χ0n) is 11.9. The van der Waals surface area contributed by atoms with Crippen molar-refractivity contribution >= 4 is 30.0 Å². The van der Waals surface area contributed by atoms with E-state index in [1.165, 1.54) is 6.21 Å². The molecule has 0 radical (unpaired) electrons.